The number of amides is 1. The molecule has 0 unspecified atom stereocenters. The summed E-state index contributed by atoms with van der Waals surface area (Å²) in [5.41, 5.74) is 3.43. The predicted octanol–water partition coefficient (Wildman–Crippen LogP) is 2.49. The van der Waals surface area contributed by atoms with Crippen molar-refractivity contribution in [2.75, 3.05) is 11.9 Å². The summed E-state index contributed by atoms with van der Waals surface area (Å²) in [7, 11) is 0. The van der Waals surface area contributed by atoms with Crippen molar-refractivity contribution >= 4 is 17.4 Å². The second kappa shape index (κ2) is 6.69. The molecule has 29 heavy (non-hydrogen) atoms. The Balaban J connectivity index is 1.67. The summed E-state index contributed by atoms with van der Waals surface area (Å²) in [6.07, 6.45) is 1.86. The molecule has 1 N–H and O–H groups in total. The van der Waals surface area contributed by atoms with E-state index >= 15 is 0 Å². The smallest absolute Gasteiger partial charge is 0.226 e. The maximum atomic E-state index is 12.6. The first-order chi connectivity index (χ1) is 14.2. The number of para-hydroxylation sites is 1. The Labute approximate surface area is 166 Å². The Kier molecular flexibility index (Phi) is 4.01. The highest BCUT2D eigenvalue weighted by molar-refractivity contribution is 5.95. The molecule has 1 aliphatic heterocycles. The number of hydrogen-bond acceptors (Lipinski definition) is 6. The van der Waals surface area contributed by atoms with E-state index in [-0.39, 0.29) is 11.8 Å². The van der Waals surface area contributed by atoms with Gasteiger partial charge in [-0.1, -0.05) is 18.2 Å². The highest BCUT2D eigenvalue weighted by Gasteiger charge is 2.34. The SMILES string of the molecule is CCOc1ccccc1[C@@H]1CC(=O)Nc2c1c(C)nn2-c1ccc2nncn2n1. The third-order valence-electron chi connectivity index (χ3n) is 5.06. The van der Waals surface area contributed by atoms with Crippen LogP contribution < -0.4 is 10.1 Å². The van der Waals surface area contributed by atoms with E-state index in [9.17, 15) is 4.79 Å². The molecule has 9 heteroatoms. The van der Waals surface area contributed by atoms with Crippen molar-refractivity contribution in [2.45, 2.75) is 26.2 Å². The van der Waals surface area contributed by atoms with Gasteiger partial charge in [-0.25, -0.2) is 0 Å². The van der Waals surface area contributed by atoms with Gasteiger partial charge in [0.05, 0.1) is 12.3 Å². The van der Waals surface area contributed by atoms with Gasteiger partial charge in [0, 0.05) is 23.5 Å². The van der Waals surface area contributed by atoms with Crippen LogP contribution in [0.2, 0.25) is 0 Å². The van der Waals surface area contributed by atoms with Crippen molar-refractivity contribution in [1.82, 2.24) is 29.6 Å². The number of benzene rings is 1. The van der Waals surface area contributed by atoms with E-state index in [0.717, 1.165) is 22.6 Å². The van der Waals surface area contributed by atoms with Crippen LogP contribution in [0, 0.1) is 6.92 Å². The lowest BCUT2D eigenvalue weighted by Crippen LogP contribution is -2.25. The Morgan fingerprint density at radius 1 is 1.21 bits per heavy atom. The van der Waals surface area contributed by atoms with Gasteiger partial charge in [-0.2, -0.15) is 14.3 Å². The third-order valence-corrected chi connectivity index (χ3v) is 5.06. The van der Waals surface area contributed by atoms with Gasteiger partial charge in [-0.15, -0.1) is 15.3 Å². The molecule has 0 radical (unpaired) electrons. The number of aryl methyl sites for hydroxylation is 1. The van der Waals surface area contributed by atoms with Crippen LogP contribution >= 0.6 is 0 Å². The van der Waals surface area contributed by atoms with Gasteiger partial charge in [0.2, 0.25) is 5.91 Å². The largest absolute Gasteiger partial charge is 0.494 e. The predicted molar refractivity (Wildman–Crippen MR) is 105 cm³/mol. The van der Waals surface area contributed by atoms with Crippen LogP contribution in [0.25, 0.3) is 11.5 Å². The fourth-order valence-electron chi connectivity index (χ4n) is 3.87. The zero-order valence-corrected chi connectivity index (χ0v) is 16.0. The van der Waals surface area contributed by atoms with E-state index in [1.54, 1.807) is 15.3 Å². The Bertz CT molecular complexity index is 1230. The average Bonchev–Trinajstić information content (AvgIpc) is 3.32. The van der Waals surface area contributed by atoms with E-state index in [4.69, 9.17) is 4.74 Å². The van der Waals surface area contributed by atoms with E-state index in [0.29, 0.717) is 30.3 Å². The zero-order valence-electron chi connectivity index (χ0n) is 16.0. The van der Waals surface area contributed by atoms with E-state index in [2.05, 4.69) is 25.7 Å². The number of fused-ring (bicyclic) bond motifs is 2. The molecule has 1 aromatic carbocycles. The van der Waals surface area contributed by atoms with Crippen LogP contribution in [0.1, 0.15) is 36.1 Å². The first kappa shape index (κ1) is 17.4. The Morgan fingerprint density at radius 2 is 2.07 bits per heavy atom. The molecule has 1 amide bonds. The van der Waals surface area contributed by atoms with Crippen molar-refractivity contribution in [3.63, 3.8) is 0 Å². The first-order valence-electron chi connectivity index (χ1n) is 9.44. The minimum atomic E-state index is -0.145. The molecule has 9 nitrogen and oxygen atoms in total. The maximum Gasteiger partial charge on any atom is 0.226 e. The quantitative estimate of drug-likeness (QED) is 0.576. The van der Waals surface area contributed by atoms with Gasteiger partial charge in [-0.05, 0) is 32.0 Å². The van der Waals surface area contributed by atoms with Crippen LogP contribution in [0.15, 0.2) is 42.7 Å². The normalized spacial score (nSPS) is 15.9. The lowest BCUT2D eigenvalue weighted by molar-refractivity contribution is -0.116. The number of nitrogens with one attached hydrogen (secondary N) is 1. The van der Waals surface area contributed by atoms with Gasteiger partial charge in [0.1, 0.15) is 17.9 Å². The van der Waals surface area contributed by atoms with Gasteiger partial charge in [-0.3, -0.25) is 4.79 Å². The molecule has 146 valence electrons. The molecule has 4 aromatic rings. The molecule has 3 aromatic heterocycles. The second-order valence-corrected chi connectivity index (χ2v) is 6.86. The standard InChI is InChI=1S/C20H19N7O2/c1-3-29-15-7-5-4-6-13(15)14-10-18(28)22-20-19(14)12(2)24-27(20)17-9-8-16-23-21-11-26(16)25-17/h4-9,11,14H,3,10H2,1-2H3,(H,22,28)/t14-/m0/s1. The summed E-state index contributed by atoms with van der Waals surface area (Å²) in [6.45, 7) is 4.45. The lowest BCUT2D eigenvalue weighted by atomic mass is 9.85. The summed E-state index contributed by atoms with van der Waals surface area (Å²) in [4.78, 5) is 12.6. The highest BCUT2D eigenvalue weighted by atomic mass is 16.5. The molecular weight excluding hydrogens is 370 g/mol. The lowest BCUT2D eigenvalue weighted by Gasteiger charge is -2.25. The number of hydrogen-bond donors (Lipinski definition) is 1. The molecule has 4 heterocycles. The zero-order chi connectivity index (χ0) is 20.0. The van der Waals surface area contributed by atoms with Crippen molar-refractivity contribution in [2.24, 2.45) is 0 Å². The van der Waals surface area contributed by atoms with Gasteiger partial charge < -0.3 is 10.1 Å². The molecule has 5 rings (SSSR count). The van der Waals surface area contributed by atoms with Crippen molar-refractivity contribution < 1.29 is 9.53 Å². The maximum absolute atomic E-state index is 12.6. The number of anilines is 1. The van der Waals surface area contributed by atoms with Crippen LogP contribution in [-0.4, -0.2) is 42.1 Å². The monoisotopic (exact) mass is 389 g/mol. The average molecular weight is 389 g/mol. The van der Waals surface area contributed by atoms with Gasteiger partial charge in [0.25, 0.3) is 0 Å². The van der Waals surface area contributed by atoms with Crippen LogP contribution in [0.5, 0.6) is 5.75 Å². The first-order valence-corrected chi connectivity index (χ1v) is 9.44. The minimum Gasteiger partial charge on any atom is -0.494 e. The number of ether oxygens (including phenoxy) is 1. The summed E-state index contributed by atoms with van der Waals surface area (Å²) < 4.78 is 9.06. The van der Waals surface area contributed by atoms with Gasteiger partial charge >= 0.3 is 0 Å². The molecule has 1 aliphatic rings. The summed E-state index contributed by atoms with van der Waals surface area (Å²) in [5, 5.41) is 20.0. The number of rotatable bonds is 4. The van der Waals surface area contributed by atoms with Crippen molar-refractivity contribution in [3.8, 4) is 11.6 Å². The number of carbonyl (C=O) groups excluding carboxylic acids is 1. The molecular formula is C20H19N7O2. The molecule has 0 saturated heterocycles. The Morgan fingerprint density at radius 3 is 2.93 bits per heavy atom. The van der Waals surface area contributed by atoms with Gasteiger partial charge in [0.15, 0.2) is 11.5 Å². The van der Waals surface area contributed by atoms with Crippen LogP contribution in [-0.2, 0) is 4.79 Å². The highest BCUT2D eigenvalue weighted by Crippen LogP contribution is 2.42. The molecule has 0 saturated carbocycles. The minimum absolute atomic E-state index is 0.0691. The molecule has 1 atom stereocenters. The molecule has 0 fully saturated rings. The van der Waals surface area contributed by atoms with Crippen molar-refractivity contribution in [3.05, 3.63) is 59.5 Å². The number of nitrogens with zero attached hydrogens (tertiary/aromatic N) is 6. The third kappa shape index (κ3) is 2.82. The summed E-state index contributed by atoms with van der Waals surface area (Å²) >= 11 is 0. The number of carbonyl (C=O) groups is 1. The van der Waals surface area contributed by atoms with E-state index in [1.807, 2.05) is 44.2 Å². The fraction of sp³-hybridized carbons (Fsp3) is 0.250. The second-order valence-electron chi connectivity index (χ2n) is 6.86. The van der Waals surface area contributed by atoms with E-state index in [1.165, 1.54) is 6.33 Å². The van der Waals surface area contributed by atoms with E-state index < -0.39 is 0 Å². The summed E-state index contributed by atoms with van der Waals surface area (Å²) in [6, 6.07) is 11.5. The molecule has 0 spiro atoms. The molecule has 0 aliphatic carbocycles. The van der Waals surface area contributed by atoms with Crippen LogP contribution in [0.4, 0.5) is 5.82 Å². The van der Waals surface area contributed by atoms with Crippen molar-refractivity contribution in [1.29, 1.82) is 0 Å². The summed E-state index contributed by atoms with van der Waals surface area (Å²) in [5.74, 6) is 1.78. The fourth-order valence-corrected chi connectivity index (χ4v) is 3.87. The topological polar surface area (TPSA) is 99.2 Å². The Hall–Kier alpha value is -3.75. The molecule has 0 bridgehead atoms. The van der Waals surface area contributed by atoms with Crippen LogP contribution in [0.3, 0.4) is 0 Å². The number of aromatic nitrogens is 6.